The second-order valence-corrected chi connectivity index (χ2v) is 3.96. The standard InChI is InChI=1S/C6H7ClN2O2Se/c1-11-6(10)9-5-8-4(2-7)3-12-5/h3H,2H2,1H3,(H,8,9,10). The summed E-state index contributed by atoms with van der Waals surface area (Å²) in [5, 5.41) is 2.50. The van der Waals surface area contributed by atoms with E-state index < -0.39 is 6.09 Å². The molecule has 66 valence electrons. The van der Waals surface area contributed by atoms with Crippen LogP contribution < -0.4 is 5.32 Å². The third-order valence-corrected chi connectivity index (χ3v) is 3.05. The van der Waals surface area contributed by atoms with Crippen LogP contribution in [0.1, 0.15) is 5.69 Å². The van der Waals surface area contributed by atoms with E-state index in [1.165, 1.54) is 7.11 Å². The summed E-state index contributed by atoms with van der Waals surface area (Å²) < 4.78 is 5.05. The van der Waals surface area contributed by atoms with E-state index in [9.17, 15) is 4.79 Å². The molecule has 1 N–H and O–H groups in total. The molecule has 6 heteroatoms. The van der Waals surface area contributed by atoms with E-state index >= 15 is 0 Å². The number of carbonyl (C=O) groups excluding carboxylic acids is 1. The molecule has 0 radical (unpaired) electrons. The van der Waals surface area contributed by atoms with Crippen LogP contribution in [-0.4, -0.2) is 32.7 Å². The first-order valence-corrected chi connectivity index (χ1v) is 5.49. The summed E-state index contributed by atoms with van der Waals surface area (Å²) in [5.74, 6) is 0.383. The molecular formula is C6H7ClN2O2Se. The Hall–Kier alpha value is -0.511. The van der Waals surface area contributed by atoms with Crippen molar-refractivity contribution in [1.29, 1.82) is 0 Å². The predicted octanol–water partition coefficient (Wildman–Crippen LogP) is 1.06. The number of rotatable bonds is 2. The minimum absolute atomic E-state index is 0.0818. The van der Waals surface area contributed by atoms with Crippen molar-refractivity contribution in [2.45, 2.75) is 5.88 Å². The van der Waals surface area contributed by atoms with Gasteiger partial charge >= 0.3 is 80.3 Å². The fraction of sp³-hybridized carbons (Fsp3) is 0.333. The summed E-state index contributed by atoms with van der Waals surface area (Å²) in [5.41, 5.74) is 0.808. The minimum atomic E-state index is -0.486. The number of aromatic nitrogens is 1. The number of hydrogen-bond donors (Lipinski definition) is 1. The van der Waals surface area contributed by atoms with Gasteiger partial charge in [0.05, 0.1) is 0 Å². The van der Waals surface area contributed by atoms with Crippen LogP contribution in [0.3, 0.4) is 0 Å². The molecule has 0 aromatic carbocycles. The van der Waals surface area contributed by atoms with Crippen LogP contribution in [-0.2, 0) is 10.6 Å². The zero-order valence-corrected chi connectivity index (χ0v) is 8.80. The Bertz CT molecular complexity index is 276. The van der Waals surface area contributed by atoms with Gasteiger partial charge in [-0.2, -0.15) is 0 Å². The molecule has 1 amide bonds. The van der Waals surface area contributed by atoms with Crippen molar-refractivity contribution in [1.82, 2.24) is 4.98 Å². The third kappa shape index (κ3) is 2.52. The molecule has 1 aromatic heterocycles. The number of nitrogens with one attached hydrogen (secondary N) is 1. The van der Waals surface area contributed by atoms with Crippen LogP contribution in [0, 0.1) is 0 Å². The number of ether oxygens (including phenoxy) is 1. The summed E-state index contributed by atoms with van der Waals surface area (Å²) in [7, 11) is 1.31. The molecule has 12 heavy (non-hydrogen) atoms. The number of alkyl halides is 1. The molecule has 1 aromatic rings. The molecule has 1 heterocycles. The van der Waals surface area contributed by atoms with Gasteiger partial charge in [-0.05, 0) is 0 Å². The van der Waals surface area contributed by atoms with Gasteiger partial charge in [-0.1, -0.05) is 0 Å². The quantitative estimate of drug-likeness (QED) is 0.633. The van der Waals surface area contributed by atoms with Crippen LogP contribution in [0.2, 0.25) is 0 Å². The van der Waals surface area contributed by atoms with Crippen molar-refractivity contribution in [3.05, 3.63) is 10.6 Å². The van der Waals surface area contributed by atoms with Crippen molar-refractivity contribution in [3.8, 4) is 0 Å². The Morgan fingerprint density at radius 3 is 3.17 bits per heavy atom. The van der Waals surface area contributed by atoms with Gasteiger partial charge < -0.3 is 0 Å². The number of amides is 1. The summed E-state index contributed by atoms with van der Waals surface area (Å²) in [6.45, 7) is 0. The summed E-state index contributed by atoms with van der Waals surface area (Å²) in [6.07, 6.45) is -0.486. The van der Waals surface area contributed by atoms with E-state index in [-0.39, 0.29) is 14.5 Å². The van der Waals surface area contributed by atoms with Gasteiger partial charge in [0.1, 0.15) is 0 Å². The second kappa shape index (κ2) is 4.50. The van der Waals surface area contributed by atoms with Crippen molar-refractivity contribution < 1.29 is 9.53 Å². The van der Waals surface area contributed by atoms with E-state index in [2.05, 4.69) is 15.0 Å². The number of hydrogen-bond acceptors (Lipinski definition) is 3. The third-order valence-electron chi connectivity index (χ3n) is 1.08. The second-order valence-electron chi connectivity index (χ2n) is 1.89. The van der Waals surface area contributed by atoms with Gasteiger partial charge in [0.2, 0.25) is 0 Å². The number of anilines is 1. The molecule has 0 aliphatic rings. The number of halogens is 1. The summed E-state index contributed by atoms with van der Waals surface area (Å²) in [4.78, 5) is 16.7. The Balaban J connectivity index is 2.58. The van der Waals surface area contributed by atoms with Crippen molar-refractivity contribution >= 4 is 36.9 Å². The van der Waals surface area contributed by atoms with Crippen LogP contribution >= 0.6 is 11.6 Å². The van der Waals surface area contributed by atoms with Crippen molar-refractivity contribution in [2.75, 3.05) is 12.4 Å². The fourth-order valence-corrected chi connectivity index (χ4v) is 2.37. The topological polar surface area (TPSA) is 51.2 Å². The van der Waals surface area contributed by atoms with E-state index in [0.29, 0.717) is 10.6 Å². The molecule has 0 fully saturated rings. The molecule has 0 saturated heterocycles. The van der Waals surface area contributed by atoms with Crippen molar-refractivity contribution in [2.24, 2.45) is 0 Å². The number of carbonyl (C=O) groups is 1. The first-order valence-electron chi connectivity index (χ1n) is 3.11. The molecule has 0 aliphatic heterocycles. The molecule has 0 bridgehead atoms. The summed E-state index contributed by atoms with van der Waals surface area (Å²) in [6, 6.07) is 0. The Morgan fingerprint density at radius 2 is 2.67 bits per heavy atom. The van der Waals surface area contributed by atoms with Gasteiger partial charge in [0.15, 0.2) is 0 Å². The average Bonchev–Trinajstić information content (AvgIpc) is 2.52. The number of nitrogens with zero attached hydrogens (tertiary/aromatic N) is 1. The average molecular weight is 254 g/mol. The Kier molecular flexibility index (Phi) is 3.59. The molecule has 0 atom stereocenters. The van der Waals surface area contributed by atoms with E-state index in [0.717, 1.165) is 5.69 Å². The van der Waals surface area contributed by atoms with Crippen LogP contribution in [0.25, 0.3) is 0 Å². The fourth-order valence-electron chi connectivity index (χ4n) is 0.564. The normalized spacial score (nSPS) is 9.50. The molecule has 4 nitrogen and oxygen atoms in total. The maximum atomic E-state index is 10.7. The molecule has 0 unspecified atom stereocenters. The molecule has 0 saturated carbocycles. The molecule has 1 rings (SSSR count). The van der Waals surface area contributed by atoms with Crippen molar-refractivity contribution in [3.63, 3.8) is 0 Å². The van der Waals surface area contributed by atoms with E-state index in [4.69, 9.17) is 11.6 Å². The maximum absolute atomic E-state index is 10.7. The SMILES string of the molecule is COC(=O)Nc1nc(CCl)c[se]1. The van der Waals surface area contributed by atoms with Crippen LogP contribution in [0.4, 0.5) is 9.49 Å². The zero-order chi connectivity index (χ0) is 8.97. The first kappa shape index (κ1) is 9.58. The van der Waals surface area contributed by atoms with Crippen LogP contribution in [0.15, 0.2) is 4.94 Å². The van der Waals surface area contributed by atoms with Gasteiger partial charge in [-0.3, -0.25) is 0 Å². The van der Waals surface area contributed by atoms with E-state index in [1.54, 1.807) is 0 Å². The van der Waals surface area contributed by atoms with Gasteiger partial charge in [-0.15, -0.1) is 0 Å². The van der Waals surface area contributed by atoms with Gasteiger partial charge in [0, 0.05) is 0 Å². The van der Waals surface area contributed by atoms with Gasteiger partial charge in [-0.25, -0.2) is 0 Å². The van der Waals surface area contributed by atoms with Gasteiger partial charge in [0.25, 0.3) is 0 Å². The van der Waals surface area contributed by atoms with E-state index in [1.807, 2.05) is 4.94 Å². The monoisotopic (exact) mass is 254 g/mol. The number of methoxy groups -OCH3 is 1. The van der Waals surface area contributed by atoms with Crippen LogP contribution in [0.5, 0.6) is 0 Å². The molecular weight excluding hydrogens is 246 g/mol. The molecule has 0 aliphatic carbocycles. The predicted molar refractivity (Wildman–Crippen MR) is 46.8 cm³/mol. The Labute approximate surface area is 80.6 Å². The Morgan fingerprint density at radius 1 is 1.92 bits per heavy atom. The first-order chi connectivity index (χ1) is 5.76. The zero-order valence-electron chi connectivity index (χ0n) is 6.33. The molecule has 0 spiro atoms. The summed E-state index contributed by atoms with van der Waals surface area (Å²) >= 11 is 5.62.